The maximum absolute atomic E-state index is 11.8. The van der Waals surface area contributed by atoms with Crippen LogP contribution in [0.3, 0.4) is 0 Å². The van der Waals surface area contributed by atoms with Crippen LogP contribution < -0.4 is 17.0 Å². The largest absolute Gasteiger partial charge is 0.508 e. The Balaban J connectivity index is 2.10. The number of hydrogen-bond donors (Lipinski definition) is 4. The zero-order valence-electron chi connectivity index (χ0n) is 13.1. The minimum atomic E-state index is -1.37. The van der Waals surface area contributed by atoms with Gasteiger partial charge in [0.25, 0.3) is 5.56 Å². The molecule has 10 heteroatoms. The molecule has 1 aromatic rings. The summed E-state index contributed by atoms with van der Waals surface area (Å²) in [6.45, 7) is 3.28. The topological polar surface area (TPSA) is 148 Å². The van der Waals surface area contributed by atoms with Crippen molar-refractivity contribution < 1.29 is 19.7 Å². The van der Waals surface area contributed by atoms with E-state index in [1.165, 1.54) is 6.20 Å². The number of carbonyl (C=O) groups is 1. The van der Waals surface area contributed by atoms with E-state index in [0.717, 1.165) is 22.4 Å². The van der Waals surface area contributed by atoms with Crippen LogP contribution in [-0.2, 0) is 9.53 Å². The number of hydrogen-bond acceptors (Lipinski definition) is 8. The number of aliphatic hydroxyl groups excluding tert-OH is 2. The number of aromatic amines is 1. The Morgan fingerprint density at radius 1 is 1.50 bits per heavy atom. The molecule has 24 heavy (non-hydrogen) atoms. The van der Waals surface area contributed by atoms with Gasteiger partial charge in [0.15, 0.2) is 0 Å². The second-order valence-electron chi connectivity index (χ2n) is 5.66. The average Bonchev–Trinajstić information content (AvgIpc) is 2.80. The third-order valence-electron chi connectivity index (χ3n) is 3.56. The number of nitrogens with two attached hydrogens (primary N) is 1. The molecule has 5 N–H and O–H groups in total. The van der Waals surface area contributed by atoms with Gasteiger partial charge in [-0.1, -0.05) is 25.6 Å². The van der Waals surface area contributed by atoms with E-state index in [1.54, 1.807) is 13.8 Å². The SMILES string of the molecule is CC(C)[C@@H](N)C(=O)OCC1=C(O)C(O)[C@H](n2ccc(=O)[nH]c2=O)S1. The second kappa shape index (κ2) is 7.24. The van der Waals surface area contributed by atoms with E-state index in [-0.39, 0.29) is 23.2 Å². The van der Waals surface area contributed by atoms with Crippen molar-refractivity contribution in [3.63, 3.8) is 0 Å². The van der Waals surface area contributed by atoms with Gasteiger partial charge in [-0.05, 0) is 5.92 Å². The number of aliphatic hydroxyl groups is 2. The molecule has 0 aliphatic carbocycles. The Labute approximate surface area is 141 Å². The molecule has 0 saturated carbocycles. The molecular weight excluding hydrogens is 338 g/mol. The van der Waals surface area contributed by atoms with Crippen molar-refractivity contribution in [2.75, 3.05) is 6.61 Å². The summed E-state index contributed by atoms with van der Waals surface area (Å²) in [6.07, 6.45) is -0.148. The minimum Gasteiger partial charge on any atom is -0.508 e. The predicted octanol–water partition coefficient (Wildman–Crippen LogP) is -0.561. The van der Waals surface area contributed by atoms with Crippen LogP contribution in [0.15, 0.2) is 32.5 Å². The molecule has 132 valence electrons. The fourth-order valence-electron chi connectivity index (χ4n) is 2.02. The molecule has 3 atom stereocenters. The summed E-state index contributed by atoms with van der Waals surface area (Å²) < 4.78 is 6.13. The van der Waals surface area contributed by atoms with Gasteiger partial charge in [-0.2, -0.15) is 0 Å². The molecule has 1 aliphatic rings. The van der Waals surface area contributed by atoms with Crippen molar-refractivity contribution >= 4 is 17.7 Å². The quantitative estimate of drug-likeness (QED) is 0.513. The summed E-state index contributed by atoms with van der Waals surface area (Å²) in [5.41, 5.74) is 4.39. The standard InChI is InChI=1S/C14H19N3O6S/c1-6(2)9(15)13(21)23-5-7-10(19)11(20)12(24-7)17-4-3-8(18)16-14(17)22/h3-4,6,9,11-12,19-20H,5,15H2,1-2H3,(H,16,18,22)/t9-,11?,12-/m1/s1. The van der Waals surface area contributed by atoms with Crippen LogP contribution in [0, 0.1) is 5.92 Å². The van der Waals surface area contributed by atoms with Crippen molar-refractivity contribution in [1.29, 1.82) is 0 Å². The van der Waals surface area contributed by atoms with E-state index < -0.39 is 34.7 Å². The molecule has 0 saturated heterocycles. The fourth-order valence-corrected chi connectivity index (χ4v) is 3.22. The normalized spacial score (nSPS) is 22.0. The van der Waals surface area contributed by atoms with Gasteiger partial charge in [-0.3, -0.25) is 19.1 Å². The monoisotopic (exact) mass is 357 g/mol. The van der Waals surface area contributed by atoms with E-state index in [2.05, 4.69) is 4.98 Å². The summed E-state index contributed by atoms with van der Waals surface area (Å²) in [6, 6.07) is 0.340. The van der Waals surface area contributed by atoms with E-state index in [1.807, 2.05) is 0 Å². The third kappa shape index (κ3) is 3.71. The summed E-state index contributed by atoms with van der Waals surface area (Å²) in [4.78, 5) is 36.9. The summed E-state index contributed by atoms with van der Waals surface area (Å²) in [5.74, 6) is -1.10. The van der Waals surface area contributed by atoms with Gasteiger partial charge in [0.05, 0.1) is 4.91 Å². The molecule has 1 aliphatic heterocycles. The first-order valence-electron chi connectivity index (χ1n) is 7.22. The summed E-state index contributed by atoms with van der Waals surface area (Å²) in [7, 11) is 0. The number of H-pyrrole nitrogens is 1. The molecule has 1 aromatic heterocycles. The third-order valence-corrected chi connectivity index (χ3v) is 4.90. The first-order chi connectivity index (χ1) is 11.2. The van der Waals surface area contributed by atoms with Crippen LogP contribution in [0.25, 0.3) is 0 Å². The Kier molecular flexibility index (Phi) is 5.52. The van der Waals surface area contributed by atoms with Gasteiger partial charge >= 0.3 is 11.7 Å². The predicted molar refractivity (Wildman–Crippen MR) is 87.4 cm³/mol. The zero-order valence-corrected chi connectivity index (χ0v) is 13.9. The van der Waals surface area contributed by atoms with E-state index in [0.29, 0.717) is 0 Å². The Bertz CT molecular complexity index is 768. The lowest BCUT2D eigenvalue weighted by atomic mass is 10.1. The molecule has 0 bridgehead atoms. The Hall–Kier alpha value is -2.04. The van der Waals surface area contributed by atoms with Gasteiger partial charge in [0.1, 0.15) is 29.9 Å². The van der Waals surface area contributed by atoms with Crippen LogP contribution in [0.4, 0.5) is 0 Å². The zero-order chi connectivity index (χ0) is 18.0. The van der Waals surface area contributed by atoms with E-state index in [4.69, 9.17) is 10.5 Å². The average molecular weight is 357 g/mol. The van der Waals surface area contributed by atoms with Crippen molar-refractivity contribution in [1.82, 2.24) is 9.55 Å². The van der Waals surface area contributed by atoms with Crippen LogP contribution in [0.5, 0.6) is 0 Å². The lowest BCUT2D eigenvalue weighted by Gasteiger charge is -2.16. The fraction of sp³-hybridized carbons (Fsp3) is 0.500. The number of carbonyl (C=O) groups excluding carboxylic acids is 1. The number of rotatable bonds is 5. The maximum Gasteiger partial charge on any atom is 0.329 e. The lowest BCUT2D eigenvalue weighted by Crippen LogP contribution is -2.37. The van der Waals surface area contributed by atoms with Crippen LogP contribution in [0.2, 0.25) is 0 Å². The van der Waals surface area contributed by atoms with E-state index >= 15 is 0 Å². The molecule has 0 aromatic carbocycles. The second-order valence-corrected chi connectivity index (χ2v) is 6.87. The molecular formula is C14H19N3O6S. The van der Waals surface area contributed by atoms with Gasteiger partial charge in [0, 0.05) is 12.3 Å². The molecule has 0 radical (unpaired) electrons. The summed E-state index contributed by atoms with van der Waals surface area (Å²) >= 11 is 0.965. The highest BCUT2D eigenvalue weighted by Gasteiger charge is 2.37. The van der Waals surface area contributed by atoms with Gasteiger partial charge in [-0.15, -0.1) is 0 Å². The molecule has 2 heterocycles. The highest BCUT2D eigenvalue weighted by atomic mass is 32.2. The molecule has 9 nitrogen and oxygen atoms in total. The lowest BCUT2D eigenvalue weighted by molar-refractivity contribution is -0.145. The molecule has 1 unspecified atom stereocenters. The highest BCUT2D eigenvalue weighted by Crippen LogP contribution is 2.43. The first kappa shape index (κ1) is 18.3. The number of ether oxygens (including phenoxy) is 1. The molecule has 0 spiro atoms. The van der Waals surface area contributed by atoms with Crippen LogP contribution in [0.1, 0.15) is 19.2 Å². The number of aromatic nitrogens is 2. The highest BCUT2D eigenvalue weighted by molar-refractivity contribution is 8.03. The summed E-state index contributed by atoms with van der Waals surface area (Å²) in [5, 5.41) is 19.2. The molecule has 0 fully saturated rings. The molecule has 2 rings (SSSR count). The number of nitrogens with one attached hydrogen (secondary N) is 1. The van der Waals surface area contributed by atoms with Crippen LogP contribution >= 0.6 is 11.8 Å². The van der Waals surface area contributed by atoms with Crippen LogP contribution in [-0.4, -0.2) is 44.5 Å². The van der Waals surface area contributed by atoms with Crippen molar-refractivity contribution in [2.45, 2.75) is 31.4 Å². The van der Waals surface area contributed by atoms with Gasteiger partial charge in [0.2, 0.25) is 0 Å². The number of nitrogens with zero attached hydrogens (tertiary/aromatic N) is 1. The van der Waals surface area contributed by atoms with Crippen molar-refractivity contribution in [2.24, 2.45) is 11.7 Å². The van der Waals surface area contributed by atoms with E-state index in [9.17, 15) is 24.6 Å². The van der Waals surface area contributed by atoms with Gasteiger partial charge < -0.3 is 20.7 Å². The Morgan fingerprint density at radius 2 is 2.17 bits per heavy atom. The molecule has 0 amide bonds. The maximum atomic E-state index is 11.8. The van der Waals surface area contributed by atoms with Crippen molar-refractivity contribution in [3.05, 3.63) is 43.8 Å². The first-order valence-corrected chi connectivity index (χ1v) is 8.10. The number of thioether (sulfide) groups is 1. The minimum absolute atomic E-state index is 0.102. The smallest absolute Gasteiger partial charge is 0.329 e. The number of esters is 1. The van der Waals surface area contributed by atoms with Crippen molar-refractivity contribution in [3.8, 4) is 0 Å². The van der Waals surface area contributed by atoms with Gasteiger partial charge in [-0.25, -0.2) is 4.79 Å². The Morgan fingerprint density at radius 3 is 2.75 bits per heavy atom.